The van der Waals surface area contributed by atoms with Gasteiger partial charge in [-0.25, -0.2) is 9.97 Å². The molecule has 1 aliphatic heterocycles. The number of anilines is 1. The lowest BCUT2D eigenvalue weighted by molar-refractivity contribution is -0.127. The van der Waals surface area contributed by atoms with Gasteiger partial charge in [-0.15, -0.1) is 0 Å². The van der Waals surface area contributed by atoms with Crippen molar-refractivity contribution in [2.24, 2.45) is 0 Å². The van der Waals surface area contributed by atoms with Crippen LogP contribution in [0, 0.1) is 6.92 Å². The Labute approximate surface area is 179 Å². The summed E-state index contributed by atoms with van der Waals surface area (Å²) < 4.78 is 7.41. The van der Waals surface area contributed by atoms with Crippen LogP contribution < -0.4 is 10.1 Å². The second-order valence-electron chi connectivity index (χ2n) is 7.94. The maximum absolute atomic E-state index is 11.5. The third-order valence-corrected chi connectivity index (χ3v) is 6.89. The number of nitrogens with zero attached hydrogens (tertiary/aromatic N) is 4. The quantitative estimate of drug-likeness (QED) is 0.676. The predicted octanol–water partition coefficient (Wildman–Crippen LogP) is 3.65. The second kappa shape index (κ2) is 8.18. The van der Waals surface area contributed by atoms with Crippen LogP contribution in [0.3, 0.4) is 0 Å². The molecular formula is C22H24N5O2S. The first-order valence-electron chi connectivity index (χ1n) is 10.4. The number of carbonyl (C=O) groups excluding carboxylic acids is 1. The van der Waals surface area contributed by atoms with Crippen LogP contribution in [0.2, 0.25) is 0 Å². The Bertz CT molecular complexity index is 1010. The van der Waals surface area contributed by atoms with Gasteiger partial charge in [0.1, 0.15) is 11.8 Å². The molecule has 1 radical (unpaired) electrons. The fourth-order valence-corrected chi connectivity index (χ4v) is 5.10. The van der Waals surface area contributed by atoms with Gasteiger partial charge in [0.25, 0.3) is 0 Å². The van der Waals surface area contributed by atoms with Crippen LogP contribution in [0.5, 0.6) is 5.88 Å². The summed E-state index contributed by atoms with van der Waals surface area (Å²) >= 11 is 1.69. The number of hydrogen-bond donors (Lipinski definition) is 1. The summed E-state index contributed by atoms with van der Waals surface area (Å²) in [4.78, 5) is 26.9. The molecule has 1 aromatic carbocycles. The lowest BCUT2D eigenvalue weighted by atomic mass is 9.89. The summed E-state index contributed by atoms with van der Waals surface area (Å²) in [6.45, 7) is 4.93. The average Bonchev–Trinajstić information content (AvgIpc) is 3.15. The molecule has 30 heavy (non-hydrogen) atoms. The topological polar surface area (TPSA) is 80.2 Å². The molecule has 7 nitrogen and oxygen atoms in total. The van der Waals surface area contributed by atoms with E-state index in [2.05, 4.69) is 33.3 Å². The molecule has 0 spiro atoms. The first kappa shape index (κ1) is 19.2. The summed E-state index contributed by atoms with van der Waals surface area (Å²) in [5.74, 6) is 0.798. The predicted molar refractivity (Wildman–Crippen MR) is 117 cm³/mol. The summed E-state index contributed by atoms with van der Waals surface area (Å²) in [6.07, 6.45) is 7.10. The van der Waals surface area contributed by atoms with E-state index in [-0.39, 0.29) is 17.9 Å². The third-order valence-electron chi connectivity index (χ3n) is 5.92. The molecule has 3 aromatic rings. The summed E-state index contributed by atoms with van der Waals surface area (Å²) in [7, 11) is 0. The van der Waals surface area contributed by atoms with Crippen molar-refractivity contribution in [1.29, 1.82) is 0 Å². The van der Waals surface area contributed by atoms with Gasteiger partial charge in [-0.05, 0) is 25.0 Å². The van der Waals surface area contributed by atoms with E-state index in [9.17, 15) is 4.79 Å². The van der Waals surface area contributed by atoms with Gasteiger partial charge in [0.15, 0.2) is 5.13 Å². The molecule has 0 bridgehead atoms. The van der Waals surface area contributed by atoms with Gasteiger partial charge in [-0.3, -0.25) is 9.78 Å². The fourth-order valence-electron chi connectivity index (χ4n) is 4.16. The van der Waals surface area contributed by atoms with Gasteiger partial charge in [-0.1, -0.05) is 23.5 Å². The number of ether oxygens (including phenoxy) is 1. The monoisotopic (exact) mass is 422 g/mol. The molecule has 1 amide bonds. The summed E-state index contributed by atoms with van der Waals surface area (Å²) in [5, 5.41) is 4.49. The number of likely N-dealkylation sites (tertiary alicyclic amines) is 1. The van der Waals surface area contributed by atoms with Crippen molar-refractivity contribution in [2.45, 2.75) is 43.7 Å². The lowest BCUT2D eigenvalue weighted by Crippen LogP contribution is -2.43. The first-order chi connectivity index (χ1) is 14.7. The fraction of sp³-hybridized carbons (Fsp3) is 0.409. The Balaban J connectivity index is 1.17. The van der Waals surface area contributed by atoms with E-state index in [0.717, 1.165) is 42.0 Å². The molecule has 2 fully saturated rings. The van der Waals surface area contributed by atoms with E-state index in [1.54, 1.807) is 28.6 Å². The number of para-hydroxylation sites is 1. The molecule has 1 saturated carbocycles. The standard InChI is InChI=1S/C22H24N5O2S/c1-14(28)27-10-6-15(7-11-27)20-21(24-9-8-23-20)29-17-12-16(13-17)25-22-26-18-4-2-3-5-19(18)30-22/h2-5,8-9,15-17H,1,6-7,10-13H2,(H,25,26)/t16-,17-. The molecule has 1 N–H and O–H groups in total. The number of carbonyl (C=O) groups is 1. The second-order valence-corrected chi connectivity index (χ2v) is 8.97. The number of rotatable bonds is 5. The van der Waals surface area contributed by atoms with Crippen LogP contribution in [0.25, 0.3) is 10.2 Å². The van der Waals surface area contributed by atoms with E-state index < -0.39 is 0 Å². The SMILES string of the molecule is [CH2]C(=O)N1CCC(c2nccnc2O[C@H]2C[C@H](Nc3nc4ccccc4s3)C2)CC1. The number of nitrogens with one attached hydrogen (secondary N) is 1. The Morgan fingerprint density at radius 3 is 2.70 bits per heavy atom. The van der Waals surface area contributed by atoms with Crippen molar-refractivity contribution >= 4 is 32.6 Å². The van der Waals surface area contributed by atoms with Gasteiger partial charge < -0.3 is 15.0 Å². The van der Waals surface area contributed by atoms with Crippen LogP contribution in [-0.4, -0.2) is 51.0 Å². The zero-order chi connectivity index (χ0) is 20.5. The van der Waals surface area contributed by atoms with Gasteiger partial charge in [-0.2, -0.15) is 0 Å². The van der Waals surface area contributed by atoms with Crippen LogP contribution in [0.1, 0.15) is 37.3 Å². The number of hydrogen-bond acceptors (Lipinski definition) is 7. The Kier molecular flexibility index (Phi) is 5.25. The van der Waals surface area contributed by atoms with Crippen LogP contribution in [0.4, 0.5) is 5.13 Å². The minimum atomic E-state index is -0.106. The zero-order valence-electron chi connectivity index (χ0n) is 16.7. The highest BCUT2D eigenvalue weighted by Gasteiger charge is 2.33. The molecular weight excluding hydrogens is 398 g/mol. The highest BCUT2D eigenvalue weighted by molar-refractivity contribution is 7.22. The molecule has 5 rings (SSSR count). The first-order valence-corrected chi connectivity index (χ1v) is 11.2. The molecule has 0 unspecified atom stereocenters. The molecule has 2 aromatic heterocycles. The largest absolute Gasteiger partial charge is 0.473 e. The zero-order valence-corrected chi connectivity index (χ0v) is 17.5. The lowest BCUT2D eigenvalue weighted by Gasteiger charge is -2.36. The number of aromatic nitrogens is 3. The van der Waals surface area contributed by atoms with Gasteiger partial charge >= 0.3 is 0 Å². The number of thiazole rings is 1. The molecule has 1 saturated heterocycles. The van der Waals surface area contributed by atoms with E-state index in [1.165, 1.54) is 4.70 Å². The molecule has 8 heteroatoms. The van der Waals surface area contributed by atoms with Crippen LogP contribution >= 0.6 is 11.3 Å². The van der Waals surface area contributed by atoms with Gasteiger partial charge in [0, 0.05) is 57.2 Å². The van der Waals surface area contributed by atoms with Crippen molar-refractivity contribution in [1.82, 2.24) is 19.9 Å². The Morgan fingerprint density at radius 2 is 1.93 bits per heavy atom. The van der Waals surface area contributed by atoms with Crippen molar-refractivity contribution in [3.63, 3.8) is 0 Å². The van der Waals surface area contributed by atoms with E-state index >= 15 is 0 Å². The van der Waals surface area contributed by atoms with Crippen LogP contribution in [-0.2, 0) is 4.79 Å². The summed E-state index contributed by atoms with van der Waals surface area (Å²) in [6, 6.07) is 8.55. The molecule has 0 atom stereocenters. The van der Waals surface area contributed by atoms with E-state index in [4.69, 9.17) is 4.74 Å². The maximum atomic E-state index is 11.5. The summed E-state index contributed by atoms with van der Waals surface area (Å²) in [5.41, 5.74) is 1.95. The number of benzene rings is 1. The van der Waals surface area contributed by atoms with Crippen molar-refractivity contribution in [3.05, 3.63) is 49.3 Å². The van der Waals surface area contributed by atoms with Gasteiger partial charge in [0.2, 0.25) is 11.8 Å². The number of fused-ring (bicyclic) bond motifs is 1. The highest BCUT2D eigenvalue weighted by atomic mass is 32.1. The third kappa shape index (κ3) is 3.96. The molecule has 3 heterocycles. The molecule has 2 aliphatic rings. The normalized spacial score (nSPS) is 22.0. The van der Waals surface area contributed by atoms with Gasteiger partial charge in [0.05, 0.1) is 10.2 Å². The maximum Gasteiger partial charge on any atom is 0.236 e. The van der Waals surface area contributed by atoms with Crippen molar-refractivity contribution in [2.75, 3.05) is 18.4 Å². The molecule has 155 valence electrons. The Morgan fingerprint density at radius 1 is 1.17 bits per heavy atom. The van der Waals surface area contributed by atoms with E-state index in [0.29, 0.717) is 25.0 Å². The molecule has 1 aliphatic carbocycles. The van der Waals surface area contributed by atoms with Crippen molar-refractivity contribution < 1.29 is 9.53 Å². The average molecular weight is 423 g/mol. The Hall–Kier alpha value is -2.74. The highest BCUT2D eigenvalue weighted by Crippen LogP contribution is 2.35. The minimum Gasteiger partial charge on any atom is -0.473 e. The van der Waals surface area contributed by atoms with Crippen LogP contribution in [0.15, 0.2) is 36.7 Å². The minimum absolute atomic E-state index is 0.106. The van der Waals surface area contributed by atoms with Crippen molar-refractivity contribution in [3.8, 4) is 5.88 Å². The van der Waals surface area contributed by atoms with E-state index in [1.807, 2.05) is 18.2 Å². The number of piperidine rings is 1. The smallest absolute Gasteiger partial charge is 0.236 e. The number of amides is 1.